The SMILES string of the molecule is CCOC(=O)C1=C(C)N=c2sc(=Cc3ccc(-c4ccc(Cl)cc4)o3)c(=O)n2[C@@H]1c1ccc(Cl)cc1. The lowest BCUT2D eigenvalue weighted by Crippen LogP contribution is -2.39. The zero-order chi connectivity index (χ0) is 25.4. The van der Waals surface area contributed by atoms with Crippen LogP contribution in [0.25, 0.3) is 17.4 Å². The van der Waals surface area contributed by atoms with Crippen molar-refractivity contribution in [1.82, 2.24) is 4.57 Å². The molecule has 2 aromatic heterocycles. The van der Waals surface area contributed by atoms with Crippen LogP contribution < -0.4 is 14.9 Å². The Morgan fingerprint density at radius 3 is 2.42 bits per heavy atom. The average molecular weight is 539 g/mol. The number of hydrogen-bond acceptors (Lipinski definition) is 6. The van der Waals surface area contributed by atoms with Crippen LogP contribution in [0.2, 0.25) is 10.0 Å². The van der Waals surface area contributed by atoms with Gasteiger partial charge in [-0.25, -0.2) is 9.79 Å². The second-order valence-electron chi connectivity index (χ2n) is 8.06. The molecule has 36 heavy (non-hydrogen) atoms. The molecule has 3 heterocycles. The molecule has 0 amide bonds. The van der Waals surface area contributed by atoms with Crippen molar-refractivity contribution in [1.29, 1.82) is 0 Å². The number of benzene rings is 2. The smallest absolute Gasteiger partial charge is 0.338 e. The monoisotopic (exact) mass is 538 g/mol. The van der Waals surface area contributed by atoms with E-state index in [0.717, 1.165) is 11.1 Å². The van der Waals surface area contributed by atoms with Crippen molar-refractivity contribution in [2.45, 2.75) is 19.9 Å². The first-order chi connectivity index (χ1) is 17.4. The van der Waals surface area contributed by atoms with Crippen LogP contribution >= 0.6 is 34.5 Å². The largest absolute Gasteiger partial charge is 0.463 e. The molecule has 4 aromatic rings. The highest BCUT2D eigenvalue weighted by Crippen LogP contribution is 2.31. The minimum atomic E-state index is -0.694. The summed E-state index contributed by atoms with van der Waals surface area (Å²) in [6, 6.07) is 17.3. The van der Waals surface area contributed by atoms with E-state index in [1.807, 2.05) is 18.2 Å². The molecular weight excluding hydrogens is 519 g/mol. The van der Waals surface area contributed by atoms with Crippen LogP contribution in [0.5, 0.6) is 0 Å². The van der Waals surface area contributed by atoms with E-state index in [2.05, 4.69) is 4.99 Å². The summed E-state index contributed by atoms with van der Waals surface area (Å²) >= 11 is 13.3. The van der Waals surface area contributed by atoms with Gasteiger partial charge in [0.2, 0.25) is 0 Å². The molecule has 9 heteroatoms. The lowest BCUT2D eigenvalue weighted by Gasteiger charge is -2.24. The summed E-state index contributed by atoms with van der Waals surface area (Å²) in [6.45, 7) is 3.70. The molecule has 1 aliphatic rings. The number of furan rings is 1. The molecule has 0 N–H and O–H groups in total. The molecule has 0 spiro atoms. The van der Waals surface area contributed by atoms with Gasteiger partial charge in [0.05, 0.1) is 28.5 Å². The van der Waals surface area contributed by atoms with E-state index in [4.69, 9.17) is 32.4 Å². The van der Waals surface area contributed by atoms with Crippen LogP contribution in [0.3, 0.4) is 0 Å². The normalized spacial score (nSPS) is 15.6. The van der Waals surface area contributed by atoms with Crippen LogP contribution in [-0.4, -0.2) is 17.1 Å². The lowest BCUT2D eigenvalue weighted by atomic mass is 9.96. The van der Waals surface area contributed by atoms with Crippen molar-refractivity contribution < 1.29 is 13.9 Å². The number of ether oxygens (including phenoxy) is 1. The molecule has 0 saturated heterocycles. The molecule has 1 aliphatic heterocycles. The predicted molar refractivity (Wildman–Crippen MR) is 141 cm³/mol. The Labute approximate surface area is 220 Å². The number of carbonyl (C=O) groups excluding carboxylic acids is 1. The fourth-order valence-electron chi connectivity index (χ4n) is 4.08. The van der Waals surface area contributed by atoms with E-state index in [1.165, 1.54) is 15.9 Å². The van der Waals surface area contributed by atoms with Crippen molar-refractivity contribution >= 4 is 46.6 Å². The molecular formula is C27H20Cl2N2O4S. The number of aromatic nitrogens is 1. The van der Waals surface area contributed by atoms with Gasteiger partial charge in [0.25, 0.3) is 5.56 Å². The molecule has 0 unspecified atom stereocenters. The zero-order valence-electron chi connectivity index (χ0n) is 19.3. The Morgan fingerprint density at radius 2 is 1.75 bits per heavy atom. The van der Waals surface area contributed by atoms with Crippen molar-refractivity contribution in [3.63, 3.8) is 0 Å². The van der Waals surface area contributed by atoms with Gasteiger partial charge in [-0.2, -0.15) is 0 Å². The summed E-state index contributed by atoms with van der Waals surface area (Å²) < 4.78 is 13.2. The van der Waals surface area contributed by atoms with E-state index in [1.54, 1.807) is 62.4 Å². The summed E-state index contributed by atoms with van der Waals surface area (Å²) in [6.07, 6.45) is 1.69. The van der Waals surface area contributed by atoms with Crippen molar-refractivity contribution in [2.24, 2.45) is 4.99 Å². The van der Waals surface area contributed by atoms with Crippen molar-refractivity contribution in [3.05, 3.63) is 113 Å². The second kappa shape index (κ2) is 9.93. The number of carbonyl (C=O) groups is 1. The van der Waals surface area contributed by atoms with Gasteiger partial charge in [-0.15, -0.1) is 0 Å². The van der Waals surface area contributed by atoms with E-state index in [9.17, 15) is 9.59 Å². The Kier molecular flexibility index (Phi) is 6.71. The van der Waals surface area contributed by atoms with Gasteiger partial charge >= 0.3 is 5.97 Å². The number of esters is 1. The molecule has 1 atom stereocenters. The Morgan fingerprint density at radius 1 is 1.08 bits per heavy atom. The highest BCUT2D eigenvalue weighted by Gasteiger charge is 2.33. The minimum Gasteiger partial charge on any atom is -0.463 e. The summed E-state index contributed by atoms with van der Waals surface area (Å²) in [5, 5.41) is 1.19. The summed E-state index contributed by atoms with van der Waals surface area (Å²) in [4.78, 5) is 31.6. The van der Waals surface area contributed by atoms with Crippen LogP contribution in [0.15, 0.2) is 86.1 Å². The number of fused-ring (bicyclic) bond motifs is 1. The number of thiazole rings is 1. The van der Waals surface area contributed by atoms with Gasteiger partial charge in [-0.1, -0.05) is 46.7 Å². The van der Waals surface area contributed by atoms with Gasteiger partial charge in [0, 0.05) is 21.7 Å². The van der Waals surface area contributed by atoms with Gasteiger partial charge < -0.3 is 9.15 Å². The van der Waals surface area contributed by atoms with Gasteiger partial charge in [-0.05, 0) is 67.9 Å². The molecule has 0 fully saturated rings. The highest BCUT2D eigenvalue weighted by molar-refractivity contribution is 7.07. The van der Waals surface area contributed by atoms with Gasteiger partial charge in [-0.3, -0.25) is 9.36 Å². The zero-order valence-corrected chi connectivity index (χ0v) is 21.7. The Hall–Kier alpha value is -3.39. The van der Waals surface area contributed by atoms with Crippen LogP contribution in [0.1, 0.15) is 31.2 Å². The summed E-state index contributed by atoms with van der Waals surface area (Å²) in [5.74, 6) is 0.673. The van der Waals surface area contributed by atoms with Crippen LogP contribution in [0, 0.1) is 0 Å². The van der Waals surface area contributed by atoms with E-state index < -0.39 is 12.0 Å². The third-order valence-corrected chi connectivity index (χ3v) is 7.22. The topological polar surface area (TPSA) is 73.8 Å². The maximum absolute atomic E-state index is 13.6. The average Bonchev–Trinajstić information content (AvgIpc) is 3.44. The Balaban J connectivity index is 1.63. The van der Waals surface area contributed by atoms with Gasteiger partial charge in [0.1, 0.15) is 11.5 Å². The van der Waals surface area contributed by atoms with E-state index in [-0.39, 0.29) is 12.2 Å². The molecule has 0 bridgehead atoms. The molecule has 182 valence electrons. The number of rotatable bonds is 5. The molecule has 0 aliphatic carbocycles. The third-order valence-electron chi connectivity index (χ3n) is 5.73. The van der Waals surface area contributed by atoms with Crippen molar-refractivity contribution in [2.75, 3.05) is 6.61 Å². The molecule has 0 radical (unpaired) electrons. The van der Waals surface area contributed by atoms with E-state index >= 15 is 0 Å². The Bertz CT molecular complexity index is 1660. The fourth-order valence-corrected chi connectivity index (χ4v) is 5.36. The quantitative estimate of drug-likeness (QED) is 0.320. The standard InChI is InChI=1S/C27H20Cl2N2O4S/c1-3-34-26(33)23-15(2)30-27-31(24(23)17-6-10-19(29)11-7-17)25(32)22(36-27)14-20-12-13-21(35-20)16-4-8-18(28)9-5-16/h4-14,24H,3H2,1-2H3/t24-/m1/s1. The first-order valence-electron chi connectivity index (χ1n) is 11.2. The number of halogens is 2. The highest BCUT2D eigenvalue weighted by atomic mass is 35.5. The summed E-state index contributed by atoms with van der Waals surface area (Å²) in [7, 11) is 0. The summed E-state index contributed by atoms with van der Waals surface area (Å²) in [5.41, 5.74) is 2.15. The predicted octanol–water partition coefficient (Wildman–Crippen LogP) is 5.37. The molecule has 6 nitrogen and oxygen atoms in total. The number of allylic oxidation sites excluding steroid dienone is 1. The maximum atomic E-state index is 13.6. The van der Waals surface area contributed by atoms with Crippen LogP contribution in [-0.2, 0) is 9.53 Å². The number of hydrogen-bond donors (Lipinski definition) is 0. The van der Waals surface area contributed by atoms with Gasteiger partial charge in [0.15, 0.2) is 4.80 Å². The molecule has 5 rings (SSSR count). The van der Waals surface area contributed by atoms with E-state index in [0.29, 0.717) is 42.2 Å². The third kappa shape index (κ3) is 4.57. The fraction of sp³-hybridized carbons (Fsp3) is 0.148. The first kappa shape index (κ1) is 24.3. The minimum absolute atomic E-state index is 0.210. The first-order valence-corrected chi connectivity index (χ1v) is 12.7. The molecule has 2 aromatic carbocycles. The number of nitrogens with zero attached hydrogens (tertiary/aromatic N) is 2. The van der Waals surface area contributed by atoms with Crippen LogP contribution in [0.4, 0.5) is 0 Å². The lowest BCUT2D eigenvalue weighted by molar-refractivity contribution is -0.139. The van der Waals surface area contributed by atoms with Crippen molar-refractivity contribution in [3.8, 4) is 11.3 Å². The second-order valence-corrected chi connectivity index (χ2v) is 9.94. The maximum Gasteiger partial charge on any atom is 0.338 e. The molecule has 0 saturated carbocycles.